The van der Waals surface area contributed by atoms with Gasteiger partial charge in [0.15, 0.2) is 0 Å². The molecule has 3 heterocycles. The van der Waals surface area contributed by atoms with Crippen LogP contribution in [0.2, 0.25) is 0 Å². The molecule has 144 valence electrons. The monoisotopic (exact) mass is 375 g/mol. The van der Waals surface area contributed by atoms with E-state index in [1.54, 1.807) is 4.90 Å². The average Bonchev–Trinajstić information content (AvgIpc) is 3.01. The molecule has 0 saturated carbocycles. The molecule has 0 aromatic carbocycles. The first-order valence-corrected chi connectivity index (χ1v) is 8.31. The minimum atomic E-state index is -4.42. The third kappa shape index (κ3) is 3.92. The van der Waals surface area contributed by atoms with Crippen molar-refractivity contribution in [3.05, 3.63) is 23.9 Å². The van der Waals surface area contributed by atoms with Gasteiger partial charge in [0.1, 0.15) is 18.0 Å². The van der Waals surface area contributed by atoms with Crippen LogP contribution < -0.4 is 4.90 Å². The molecule has 0 radical (unpaired) electrons. The fourth-order valence-electron chi connectivity index (χ4n) is 3.15. The molecular formula is C16H20F3N3O4. The van der Waals surface area contributed by atoms with E-state index in [9.17, 15) is 23.1 Å². The second-order valence-electron chi connectivity index (χ2n) is 6.36. The standard InChI is InChI=1S/C16H20F3N3O4/c17-16(18,19)10-1-2-14(20-8-10)21-3-5-22(6-4-21)15(25)12-7-11(24)13(9-23)26-12/h1-2,8,11-13,23-24H,3-7,9H2. The SMILES string of the molecule is O=C(C1CC(O)C(CO)O1)N1CCN(c2ccc(C(F)(F)F)cn2)CC1. The Morgan fingerprint density at radius 3 is 2.46 bits per heavy atom. The van der Waals surface area contributed by atoms with Crippen LogP contribution in [0.1, 0.15) is 12.0 Å². The summed E-state index contributed by atoms with van der Waals surface area (Å²) in [5.41, 5.74) is -0.801. The van der Waals surface area contributed by atoms with E-state index in [0.29, 0.717) is 32.0 Å². The van der Waals surface area contributed by atoms with Gasteiger partial charge in [-0.3, -0.25) is 4.79 Å². The van der Waals surface area contributed by atoms with Crippen LogP contribution >= 0.6 is 0 Å². The number of alkyl halides is 3. The van der Waals surface area contributed by atoms with Crippen molar-refractivity contribution < 1.29 is 32.9 Å². The molecule has 1 amide bonds. The van der Waals surface area contributed by atoms with Gasteiger partial charge in [-0.2, -0.15) is 13.2 Å². The predicted molar refractivity (Wildman–Crippen MR) is 84.4 cm³/mol. The lowest BCUT2D eigenvalue weighted by molar-refractivity contribution is -0.144. The molecule has 2 aliphatic rings. The number of nitrogens with zero attached hydrogens (tertiary/aromatic N) is 3. The van der Waals surface area contributed by atoms with Gasteiger partial charge in [-0.25, -0.2) is 4.98 Å². The van der Waals surface area contributed by atoms with Crippen LogP contribution in [0.25, 0.3) is 0 Å². The highest BCUT2D eigenvalue weighted by molar-refractivity contribution is 5.81. The number of anilines is 1. The molecule has 1 aromatic rings. The second kappa shape index (κ2) is 7.37. The normalized spacial score (nSPS) is 27.0. The van der Waals surface area contributed by atoms with Crippen molar-refractivity contribution in [1.29, 1.82) is 0 Å². The highest BCUT2D eigenvalue weighted by Gasteiger charge is 2.40. The van der Waals surface area contributed by atoms with E-state index in [-0.39, 0.29) is 18.9 Å². The lowest BCUT2D eigenvalue weighted by Gasteiger charge is -2.36. The number of rotatable bonds is 3. The molecule has 3 atom stereocenters. The van der Waals surface area contributed by atoms with Gasteiger partial charge in [0.25, 0.3) is 5.91 Å². The van der Waals surface area contributed by atoms with Crippen molar-refractivity contribution in [2.24, 2.45) is 0 Å². The van der Waals surface area contributed by atoms with Crippen LogP contribution in [0, 0.1) is 0 Å². The van der Waals surface area contributed by atoms with E-state index < -0.39 is 30.1 Å². The first-order chi connectivity index (χ1) is 12.3. The number of carbonyl (C=O) groups excluding carboxylic acids is 1. The third-order valence-corrected chi connectivity index (χ3v) is 4.67. The Labute approximate surface area is 148 Å². The third-order valence-electron chi connectivity index (χ3n) is 4.67. The minimum absolute atomic E-state index is 0.144. The number of carbonyl (C=O) groups is 1. The van der Waals surface area contributed by atoms with E-state index in [1.165, 1.54) is 6.07 Å². The summed E-state index contributed by atoms with van der Waals surface area (Å²) in [5.74, 6) is 0.179. The Bertz CT molecular complexity index is 633. The average molecular weight is 375 g/mol. The summed E-state index contributed by atoms with van der Waals surface area (Å²) in [5, 5.41) is 18.8. The van der Waals surface area contributed by atoms with E-state index in [4.69, 9.17) is 9.84 Å². The first kappa shape index (κ1) is 18.9. The Morgan fingerprint density at radius 2 is 1.96 bits per heavy atom. The quantitative estimate of drug-likeness (QED) is 0.788. The number of piperazine rings is 1. The van der Waals surface area contributed by atoms with Gasteiger partial charge < -0.3 is 24.7 Å². The van der Waals surface area contributed by atoms with Gasteiger partial charge in [0.2, 0.25) is 0 Å². The summed E-state index contributed by atoms with van der Waals surface area (Å²) in [6.45, 7) is 1.27. The maximum Gasteiger partial charge on any atom is 0.417 e. The number of hydrogen-bond acceptors (Lipinski definition) is 6. The molecule has 7 nitrogen and oxygen atoms in total. The molecule has 0 aliphatic carbocycles. The van der Waals surface area contributed by atoms with Crippen LogP contribution in [0.5, 0.6) is 0 Å². The number of hydrogen-bond donors (Lipinski definition) is 2. The van der Waals surface area contributed by atoms with Crippen molar-refractivity contribution in [2.45, 2.75) is 30.9 Å². The molecule has 10 heteroatoms. The highest BCUT2D eigenvalue weighted by Crippen LogP contribution is 2.29. The van der Waals surface area contributed by atoms with Gasteiger partial charge in [-0.1, -0.05) is 0 Å². The zero-order chi connectivity index (χ0) is 18.9. The molecule has 2 aliphatic heterocycles. The van der Waals surface area contributed by atoms with Crippen LogP contribution in [-0.2, 0) is 15.7 Å². The van der Waals surface area contributed by atoms with Crippen molar-refractivity contribution in [3.63, 3.8) is 0 Å². The highest BCUT2D eigenvalue weighted by atomic mass is 19.4. The number of aliphatic hydroxyl groups excluding tert-OH is 2. The van der Waals surface area contributed by atoms with E-state index >= 15 is 0 Å². The summed E-state index contributed by atoms with van der Waals surface area (Å²) in [6, 6.07) is 2.31. The zero-order valence-corrected chi connectivity index (χ0v) is 13.9. The Hall–Kier alpha value is -1.91. The summed E-state index contributed by atoms with van der Waals surface area (Å²) in [4.78, 5) is 19.7. The first-order valence-electron chi connectivity index (χ1n) is 8.31. The molecule has 0 spiro atoms. The summed E-state index contributed by atoms with van der Waals surface area (Å²) < 4.78 is 43.1. The topological polar surface area (TPSA) is 86.1 Å². The van der Waals surface area contributed by atoms with Crippen LogP contribution in [-0.4, -0.2) is 77.1 Å². The molecule has 3 unspecified atom stereocenters. The van der Waals surface area contributed by atoms with Crippen molar-refractivity contribution >= 4 is 11.7 Å². The molecule has 26 heavy (non-hydrogen) atoms. The number of aromatic nitrogens is 1. The number of halogens is 3. The fourth-order valence-corrected chi connectivity index (χ4v) is 3.15. The van der Waals surface area contributed by atoms with Crippen LogP contribution in [0.4, 0.5) is 19.0 Å². The van der Waals surface area contributed by atoms with Gasteiger partial charge in [0.05, 0.1) is 18.3 Å². The Kier molecular flexibility index (Phi) is 5.35. The largest absolute Gasteiger partial charge is 0.417 e. The lowest BCUT2D eigenvalue weighted by Crippen LogP contribution is -2.51. The van der Waals surface area contributed by atoms with E-state index in [2.05, 4.69) is 4.98 Å². The second-order valence-corrected chi connectivity index (χ2v) is 6.36. The molecule has 2 saturated heterocycles. The number of pyridine rings is 1. The van der Waals surface area contributed by atoms with Gasteiger partial charge in [-0.15, -0.1) is 0 Å². The van der Waals surface area contributed by atoms with Gasteiger partial charge in [-0.05, 0) is 12.1 Å². The maximum absolute atomic E-state index is 12.6. The Balaban J connectivity index is 1.55. The van der Waals surface area contributed by atoms with E-state index in [1.807, 2.05) is 4.90 Å². The summed E-state index contributed by atoms with van der Waals surface area (Å²) in [6.07, 6.45) is -5.87. The molecule has 2 N–H and O–H groups in total. The van der Waals surface area contributed by atoms with Gasteiger partial charge >= 0.3 is 6.18 Å². The van der Waals surface area contributed by atoms with Crippen LogP contribution in [0.3, 0.4) is 0 Å². The molecule has 1 aromatic heterocycles. The number of ether oxygens (including phenoxy) is 1. The van der Waals surface area contributed by atoms with Crippen molar-refractivity contribution in [3.8, 4) is 0 Å². The Morgan fingerprint density at radius 1 is 1.27 bits per heavy atom. The minimum Gasteiger partial charge on any atom is -0.394 e. The summed E-state index contributed by atoms with van der Waals surface area (Å²) >= 11 is 0. The lowest BCUT2D eigenvalue weighted by atomic mass is 10.1. The predicted octanol–water partition coefficient (Wildman–Crippen LogP) is 0.260. The maximum atomic E-state index is 12.6. The number of aliphatic hydroxyl groups is 2. The number of amides is 1. The van der Waals surface area contributed by atoms with Crippen molar-refractivity contribution in [1.82, 2.24) is 9.88 Å². The van der Waals surface area contributed by atoms with Crippen molar-refractivity contribution in [2.75, 3.05) is 37.7 Å². The van der Waals surface area contributed by atoms with Crippen LogP contribution in [0.15, 0.2) is 18.3 Å². The fraction of sp³-hybridized carbons (Fsp3) is 0.625. The smallest absolute Gasteiger partial charge is 0.394 e. The molecule has 2 fully saturated rings. The zero-order valence-electron chi connectivity index (χ0n) is 13.9. The van der Waals surface area contributed by atoms with E-state index in [0.717, 1.165) is 12.3 Å². The molecule has 3 rings (SSSR count). The van der Waals surface area contributed by atoms with Gasteiger partial charge in [0, 0.05) is 38.8 Å². The molecular weight excluding hydrogens is 355 g/mol. The molecule has 0 bridgehead atoms. The summed E-state index contributed by atoms with van der Waals surface area (Å²) in [7, 11) is 0.